The molecule has 2 amide bonds. The minimum absolute atomic E-state index is 0.00995. The number of nitrogens with zero attached hydrogens (tertiary/aromatic N) is 4. The number of nitrogens with one attached hydrogen (secondary N) is 2. The van der Waals surface area contributed by atoms with E-state index in [1.54, 1.807) is 0 Å². The fourth-order valence-electron chi connectivity index (χ4n) is 3.84. The molecule has 1 aromatic carbocycles. The van der Waals surface area contributed by atoms with Crippen molar-refractivity contribution in [2.24, 2.45) is 0 Å². The van der Waals surface area contributed by atoms with Gasteiger partial charge in [0.15, 0.2) is 0 Å². The highest BCUT2D eigenvalue weighted by Gasteiger charge is 2.32. The lowest BCUT2D eigenvalue weighted by atomic mass is 10.2. The molecule has 0 radical (unpaired) electrons. The first-order valence-electron chi connectivity index (χ1n) is 9.29. The van der Waals surface area contributed by atoms with Crippen molar-refractivity contribution in [2.75, 3.05) is 6.54 Å². The Hall–Kier alpha value is -2.83. The first kappa shape index (κ1) is 15.4. The number of hydrogen-bond acceptors (Lipinski definition) is 3. The lowest BCUT2D eigenvalue weighted by Crippen LogP contribution is -2.39. The van der Waals surface area contributed by atoms with Crippen molar-refractivity contribution in [3.05, 3.63) is 48.3 Å². The second kappa shape index (κ2) is 6.16. The number of amides is 2. The van der Waals surface area contributed by atoms with Crippen LogP contribution in [0.15, 0.2) is 36.8 Å². The average Bonchev–Trinajstić information content (AvgIpc) is 3.09. The molecule has 2 N–H and O–H groups in total. The van der Waals surface area contributed by atoms with Gasteiger partial charge in [0.05, 0.1) is 35.6 Å². The zero-order valence-electron chi connectivity index (χ0n) is 14.6. The van der Waals surface area contributed by atoms with E-state index in [1.807, 2.05) is 41.7 Å². The van der Waals surface area contributed by atoms with E-state index in [-0.39, 0.29) is 12.1 Å². The molecule has 1 aliphatic carbocycles. The van der Waals surface area contributed by atoms with Crippen LogP contribution in [0.25, 0.3) is 11.0 Å². The van der Waals surface area contributed by atoms with Gasteiger partial charge in [-0.05, 0) is 37.8 Å². The molecule has 7 heteroatoms. The maximum Gasteiger partial charge on any atom is 0.318 e. The Balaban J connectivity index is 1.30. The monoisotopic (exact) mass is 350 g/mol. The van der Waals surface area contributed by atoms with Gasteiger partial charge in [-0.15, -0.1) is 0 Å². The Morgan fingerprint density at radius 1 is 1.27 bits per heavy atom. The van der Waals surface area contributed by atoms with E-state index in [0.29, 0.717) is 12.6 Å². The smallest absolute Gasteiger partial charge is 0.318 e. The van der Waals surface area contributed by atoms with Crippen LogP contribution in [0, 0.1) is 0 Å². The van der Waals surface area contributed by atoms with Gasteiger partial charge >= 0.3 is 6.03 Å². The zero-order chi connectivity index (χ0) is 17.5. The van der Waals surface area contributed by atoms with Gasteiger partial charge < -0.3 is 19.8 Å². The molecule has 0 bridgehead atoms. The van der Waals surface area contributed by atoms with Crippen LogP contribution in [0.1, 0.15) is 49.3 Å². The second-order valence-corrected chi connectivity index (χ2v) is 7.17. The number of H-pyrrole nitrogens is 1. The SMILES string of the molecule is O=C(NCc1cncn1C1CC1)N1CCC[C@@H]1c1nc2ccccc2[nH]1. The van der Waals surface area contributed by atoms with Crippen molar-refractivity contribution in [1.82, 2.24) is 29.7 Å². The van der Waals surface area contributed by atoms with Gasteiger partial charge in [0.25, 0.3) is 0 Å². The third-order valence-electron chi connectivity index (χ3n) is 5.34. The Morgan fingerprint density at radius 2 is 2.15 bits per heavy atom. The van der Waals surface area contributed by atoms with Crippen LogP contribution >= 0.6 is 0 Å². The summed E-state index contributed by atoms with van der Waals surface area (Å²) in [5.74, 6) is 0.877. The highest BCUT2D eigenvalue weighted by molar-refractivity contribution is 5.76. The summed E-state index contributed by atoms with van der Waals surface area (Å²) < 4.78 is 2.18. The topological polar surface area (TPSA) is 78.8 Å². The van der Waals surface area contributed by atoms with Crippen molar-refractivity contribution in [2.45, 2.75) is 44.3 Å². The Bertz CT molecular complexity index is 907. The van der Waals surface area contributed by atoms with Gasteiger partial charge in [-0.1, -0.05) is 12.1 Å². The molecule has 7 nitrogen and oxygen atoms in total. The minimum atomic E-state index is -0.0310. The lowest BCUT2D eigenvalue weighted by molar-refractivity contribution is 0.190. The molecular formula is C19H22N6O. The number of para-hydroxylation sites is 2. The fraction of sp³-hybridized carbons (Fsp3) is 0.421. The number of fused-ring (bicyclic) bond motifs is 1. The summed E-state index contributed by atoms with van der Waals surface area (Å²) in [7, 11) is 0. The number of aromatic amines is 1. The minimum Gasteiger partial charge on any atom is -0.340 e. The van der Waals surface area contributed by atoms with Crippen LogP contribution in [-0.4, -0.2) is 37.0 Å². The molecule has 2 aliphatic rings. The van der Waals surface area contributed by atoms with E-state index in [9.17, 15) is 4.79 Å². The predicted molar refractivity (Wildman–Crippen MR) is 97.5 cm³/mol. The van der Waals surface area contributed by atoms with E-state index in [0.717, 1.165) is 41.9 Å². The van der Waals surface area contributed by atoms with Gasteiger partial charge in [-0.3, -0.25) is 0 Å². The van der Waals surface area contributed by atoms with E-state index in [2.05, 4.69) is 19.9 Å². The summed E-state index contributed by atoms with van der Waals surface area (Å²) in [6, 6.07) is 8.53. The van der Waals surface area contributed by atoms with Gasteiger partial charge in [0.1, 0.15) is 5.82 Å². The third-order valence-corrected chi connectivity index (χ3v) is 5.34. The lowest BCUT2D eigenvalue weighted by Gasteiger charge is -2.23. The summed E-state index contributed by atoms with van der Waals surface area (Å²) in [5, 5.41) is 3.07. The first-order chi connectivity index (χ1) is 12.8. The fourth-order valence-corrected chi connectivity index (χ4v) is 3.84. The van der Waals surface area contributed by atoms with Crippen molar-refractivity contribution in [3.8, 4) is 0 Å². The molecule has 3 aromatic rings. The van der Waals surface area contributed by atoms with Crippen molar-refractivity contribution < 1.29 is 4.79 Å². The number of carbonyl (C=O) groups excluding carboxylic acids is 1. The van der Waals surface area contributed by atoms with Crippen LogP contribution in [0.4, 0.5) is 4.79 Å². The van der Waals surface area contributed by atoms with Gasteiger partial charge in [0, 0.05) is 18.8 Å². The normalized spacial score (nSPS) is 20.0. The number of benzene rings is 1. The molecule has 1 saturated heterocycles. The molecule has 2 aromatic heterocycles. The van der Waals surface area contributed by atoms with Crippen molar-refractivity contribution in [1.29, 1.82) is 0 Å². The highest BCUT2D eigenvalue weighted by Crippen LogP contribution is 2.35. The second-order valence-electron chi connectivity index (χ2n) is 7.17. The maximum absolute atomic E-state index is 12.8. The molecule has 134 valence electrons. The number of hydrogen-bond donors (Lipinski definition) is 2. The summed E-state index contributed by atoms with van der Waals surface area (Å²) in [6.07, 6.45) is 8.06. The number of aromatic nitrogens is 4. The number of carbonyl (C=O) groups is 1. The van der Waals surface area contributed by atoms with E-state index in [4.69, 9.17) is 4.98 Å². The molecule has 0 spiro atoms. The summed E-state index contributed by atoms with van der Waals surface area (Å²) in [4.78, 5) is 27.0. The quantitative estimate of drug-likeness (QED) is 0.759. The summed E-state index contributed by atoms with van der Waals surface area (Å²) in [5.41, 5.74) is 3.03. The van der Waals surface area contributed by atoms with Crippen LogP contribution in [0.3, 0.4) is 0 Å². The molecule has 2 fully saturated rings. The number of rotatable bonds is 4. The number of urea groups is 1. The standard InChI is InChI=1S/C19H22N6O/c26-19(21-11-14-10-20-12-25(14)13-7-8-13)24-9-3-6-17(24)18-22-15-4-1-2-5-16(15)23-18/h1-2,4-5,10,12-13,17H,3,6-9,11H2,(H,21,26)(H,22,23)/t17-/m1/s1. The number of likely N-dealkylation sites (tertiary alicyclic amines) is 1. The number of imidazole rings is 2. The maximum atomic E-state index is 12.8. The predicted octanol–water partition coefficient (Wildman–Crippen LogP) is 3.14. The average molecular weight is 350 g/mol. The summed E-state index contributed by atoms with van der Waals surface area (Å²) >= 11 is 0. The highest BCUT2D eigenvalue weighted by atomic mass is 16.2. The van der Waals surface area contributed by atoms with Crippen LogP contribution < -0.4 is 5.32 Å². The van der Waals surface area contributed by atoms with Crippen molar-refractivity contribution >= 4 is 17.1 Å². The van der Waals surface area contributed by atoms with Crippen molar-refractivity contribution in [3.63, 3.8) is 0 Å². The molecule has 0 unspecified atom stereocenters. The molecule has 1 aliphatic heterocycles. The molecular weight excluding hydrogens is 328 g/mol. The van der Waals surface area contributed by atoms with E-state index in [1.165, 1.54) is 12.8 Å². The van der Waals surface area contributed by atoms with Crippen LogP contribution in [-0.2, 0) is 6.54 Å². The molecule has 3 heterocycles. The molecule has 26 heavy (non-hydrogen) atoms. The van der Waals surface area contributed by atoms with Crippen LogP contribution in [0.5, 0.6) is 0 Å². The zero-order valence-corrected chi connectivity index (χ0v) is 14.6. The first-order valence-corrected chi connectivity index (χ1v) is 9.29. The summed E-state index contributed by atoms with van der Waals surface area (Å²) in [6.45, 7) is 1.27. The Labute approximate surface area is 151 Å². The third kappa shape index (κ3) is 2.73. The van der Waals surface area contributed by atoms with Gasteiger partial charge in [-0.25, -0.2) is 14.8 Å². The van der Waals surface area contributed by atoms with Gasteiger partial charge in [-0.2, -0.15) is 0 Å². The van der Waals surface area contributed by atoms with Gasteiger partial charge in [0.2, 0.25) is 0 Å². The Kier molecular flexibility index (Phi) is 3.65. The van der Waals surface area contributed by atoms with E-state index < -0.39 is 0 Å². The Morgan fingerprint density at radius 3 is 3.00 bits per heavy atom. The largest absolute Gasteiger partial charge is 0.340 e. The molecule has 1 saturated carbocycles. The van der Waals surface area contributed by atoms with E-state index >= 15 is 0 Å². The van der Waals surface area contributed by atoms with Crippen LogP contribution in [0.2, 0.25) is 0 Å². The molecule has 5 rings (SSSR count). The molecule has 1 atom stereocenters.